The molecule has 148 valence electrons. The lowest BCUT2D eigenvalue weighted by molar-refractivity contribution is 0.0920. The van der Waals surface area contributed by atoms with Gasteiger partial charge >= 0.3 is 0 Å². The van der Waals surface area contributed by atoms with E-state index in [0.717, 1.165) is 16.9 Å². The van der Waals surface area contributed by atoms with E-state index in [1.165, 1.54) is 24.5 Å². The minimum absolute atomic E-state index is 0.0272. The average Bonchev–Trinajstić information content (AvgIpc) is 3.37. The van der Waals surface area contributed by atoms with Crippen LogP contribution in [0.25, 0.3) is 11.0 Å². The summed E-state index contributed by atoms with van der Waals surface area (Å²) in [5.41, 5.74) is 2.09. The van der Waals surface area contributed by atoms with Crippen LogP contribution in [0, 0.1) is 5.82 Å². The lowest BCUT2D eigenvalue weighted by Crippen LogP contribution is -2.23. The molecule has 3 aromatic heterocycles. The topological polar surface area (TPSA) is 109 Å². The van der Waals surface area contributed by atoms with E-state index in [1.807, 2.05) is 24.3 Å². The SMILES string of the molecule is O=C(NCc1ncccc1F)c1cnc(CCNCc2nc3ccccc3[nH]2)o1. The van der Waals surface area contributed by atoms with Crippen molar-refractivity contribution in [2.45, 2.75) is 19.5 Å². The number of pyridine rings is 1. The van der Waals surface area contributed by atoms with Crippen LogP contribution in [0.15, 0.2) is 53.2 Å². The fourth-order valence-electron chi connectivity index (χ4n) is 2.82. The Kier molecular flexibility index (Phi) is 5.57. The summed E-state index contributed by atoms with van der Waals surface area (Å²) in [7, 11) is 0. The number of fused-ring (bicyclic) bond motifs is 1. The quantitative estimate of drug-likeness (QED) is 0.396. The summed E-state index contributed by atoms with van der Waals surface area (Å²) in [6.07, 6.45) is 3.34. The van der Waals surface area contributed by atoms with Gasteiger partial charge in [0.1, 0.15) is 11.6 Å². The Morgan fingerprint density at radius 1 is 1.14 bits per heavy atom. The highest BCUT2D eigenvalue weighted by molar-refractivity contribution is 5.91. The average molecular weight is 394 g/mol. The van der Waals surface area contributed by atoms with Crippen LogP contribution in [0.5, 0.6) is 0 Å². The van der Waals surface area contributed by atoms with Gasteiger partial charge in [-0.3, -0.25) is 9.78 Å². The van der Waals surface area contributed by atoms with Crippen LogP contribution >= 0.6 is 0 Å². The number of carbonyl (C=O) groups excluding carboxylic acids is 1. The van der Waals surface area contributed by atoms with Gasteiger partial charge in [-0.05, 0) is 24.3 Å². The lowest BCUT2D eigenvalue weighted by Gasteiger charge is -2.03. The molecule has 1 amide bonds. The zero-order valence-corrected chi connectivity index (χ0v) is 15.5. The van der Waals surface area contributed by atoms with Gasteiger partial charge in [0.25, 0.3) is 5.91 Å². The highest BCUT2D eigenvalue weighted by Crippen LogP contribution is 2.10. The first-order valence-electron chi connectivity index (χ1n) is 9.15. The van der Waals surface area contributed by atoms with E-state index < -0.39 is 11.7 Å². The van der Waals surface area contributed by atoms with E-state index in [1.54, 1.807) is 0 Å². The smallest absolute Gasteiger partial charge is 0.289 e. The largest absolute Gasteiger partial charge is 0.436 e. The highest BCUT2D eigenvalue weighted by atomic mass is 19.1. The van der Waals surface area contributed by atoms with E-state index in [0.29, 0.717) is 25.4 Å². The van der Waals surface area contributed by atoms with Crippen LogP contribution in [0.4, 0.5) is 4.39 Å². The van der Waals surface area contributed by atoms with Gasteiger partial charge in [-0.15, -0.1) is 0 Å². The number of halogens is 1. The second kappa shape index (κ2) is 8.61. The summed E-state index contributed by atoms with van der Waals surface area (Å²) < 4.78 is 19.0. The van der Waals surface area contributed by atoms with Crippen molar-refractivity contribution in [3.63, 3.8) is 0 Å². The Balaban J connectivity index is 1.23. The molecule has 1 aromatic carbocycles. The number of carbonyl (C=O) groups is 1. The van der Waals surface area contributed by atoms with Crippen molar-refractivity contribution in [3.8, 4) is 0 Å². The van der Waals surface area contributed by atoms with E-state index in [9.17, 15) is 9.18 Å². The Bertz CT molecular complexity index is 1090. The summed E-state index contributed by atoms with van der Waals surface area (Å²) in [4.78, 5) is 27.9. The maximum Gasteiger partial charge on any atom is 0.289 e. The molecule has 3 heterocycles. The van der Waals surface area contributed by atoms with Crippen molar-refractivity contribution in [1.29, 1.82) is 0 Å². The molecule has 0 saturated carbocycles. The number of para-hydroxylation sites is 2. The Hall–Kier alpha value is -3.59. The van der Waals surface area contributed by atoms with Crippen molar-refractivity contribution < 1.29 is 13.6 Å². The van der Waals surface area contributed by atoms with Gasteiger partial charge in [0, 0.05) is 19.2 Å². The molecule has 8 nitrogen and oxygen atoms in total. The van der Waals surface area contributed by atoms with Gasteiger partial charge in [0.15, 0.2) is 5.89 Å². The summed E-state index contributed by atoms with van der Waals surface area (Å²) in [5.74, 6) is 0.427. The van der Waals surface area contributed by atoms with Gasteiger partial charge in [0.2, 0.25) is 5.76 Å². The number of hydrogen-bond donors (Lipinski definition) is 3. The highest BCUT2D eigenvalue weighted by Gasteiger charge is 2.13. The zero-order chi connectivity index (χ0) is 20.1. The molecule has 0 bridgehead atoms. The summed E-state index contributed by atoms with van der Waals surface area (Å²) in [5, 5.41) is 5.83. The minimum atomic E-state index is -0.471. The second-order valence-corrected chi connectivity index (χ2v) is 6.36. The van der Waals surface area contributed by atoms with Crippen LogP contribution < -0.4 is 10.6 Å². The molecule has 4 rings (SSSR count). The van der Waals surface area contributed by atoms with Crippen LogP contribution in [0.3, 0.4) is 0 Å². The molecule has 0 atom stereocenters. The number of oxazole rings is 1. The number of H-pyrrole nitrogens is 1. The van der Waals surface area contributed by atoms with Crippen molar-refractivity contribution in [2.75, 3.05) is 6.54 Å². The van der Waals surface area contributed by atoms with Gasteiger partial charge in [-0.1, -0.05) is 12.1 Å². The van der Waals surface area contributed by atoms with Crippen molar-refractivity contribution in [1.82, 2.24) is 30.6 Å². The van der Waals surface area contributed by atoms with Crippen LogP contribution in [-0.2, 0) is 19.5 Å². The fourth-order valence-corrected chi connectivity index (χ4v) is 2.82. The number of rotatable bonds is 8. The predicted octanol–water partition coefficient (Wildman–Crippen LogP) is 2.35. The number of hydrogen-bond acceptors (Lipinski definition) is 6. The normalized spacial score (nSPS) is 11.1. The van der Waals surface area contributed by atoms with Crippen LogP contribution in [0.1, 0.15) is 28.0 Å². The third-order valence-electron chi connectivity index (χ3n) is 4.27. The number of aromatic amines is 1. The predicted molar refractivity (Wildman–Crippen MR) is 103 cm³/mol. The minimum Gasteiger partial charge on any atom is -0.436 e. The zero-order valence-electron chi connectivity index (χ0n) is 15.5. The Labute approximate surface area is 165 Å². The van der Waals surface area contributed by atoms with E-state index in [-0.39, 0.29) is 18.0 Å². The van der Waals surface area contributed by atoms with E-state index in [2.05, 4.69) is 30.6 Å². The maximum atomic E-state index is 13.5. The molecule has 3 N–H and O–H groups in total. The molecule has 0 aliphatic rings. The number of nitrogens with zero attached hydrogens (tertiary/aromatic N) is 3. The maximum absolute atomic E-state index is 13.5. The molecule has 0 saturated heterocycles. The van der Waals surface area contributed by atoms with Crippen molar-refractivity contribution in [3.05, 3.63) is 77.8 Å². The van der Waals surface area contributed by atoms with Gasteiger partial charge < -0.3 is 20.0 Å². The third-order valence-corrected chi connectivity index (χ3v) is 4.27. The number of aromatic nitrogens is 4. The molecule has 9 heteroatoms. The van der Waals surface area contributed by atoms with Crippen molar-refractivity contribution in [2.24, 2.45) is 0 Å². The van der Waals surface area contributed by atoms with E-state index in [4.69, 9.17) is 4.42 Å². The third kappa shape index (κ3) is 4.64. The first-order chi connectivity index (χ1) is 14.2. The molecule has 4 aromatic rings. The summed E-state index contributed by atoms with van der Waals surface area (Å²) >= 11 is 0. The molecule has 0 radical (unpaired) electrons. The first-order valence-corrected chi connectivity index (χ1v) is 9.15. The Morgan fingerprint density at radius 2 is 2.03 bits per heavy atom. The second-order valence-electron chi connectivity index (χ2n) is 6.36. The number of imidazole rings is 1. The lowest BCUT2D eigenvalue weighted by atomic mass is 10.3. The van der Waals surface area contributed by atoms with Gasteiger partial charge in [-0.2, -0.15) is 0 Å². The standard InChI is InChI=1S/C20H19FN6O2/c21-13-4-3-8-23-16(13)10-25-20(28)17-11-24-19(29-17)7-9-22-12-18-26-14-5-1-2-6-15(14)27-18/h1-6,8,11,22H,7,9-10,12H2,(H,25,28)(H,26,27). The molecule has 0 fully saturated rings. The fraction of sp³-hybridized carbons (Fsp3) is 0.200. The summed E-state index contributed by atoms with van der Waals surface area (Å²) in [6.45, 7) is 1.16. The summed E-state index contributed by atoms with van der Waals surface area (Å²) in [6, 6.07) is 10.6. The van der Waals surface area contributed by atoms with Crippen molar-refractivity contribution >= 4 is 16.9 Å². The molecule has 0 spiro atoms. The van der Waals surface area contributed by atoms with Gasteiger partial charge in [-0.25, -0.2) is 14.4 Å². The van der Waals surface area contributed by atoms with Crippen LogP contribution in [0.2, 0.25) is 0 Å². The molecule has 0 unspecified atom stereocenters. The molecule has 0 aliphatic heterocycles. The number of nitrogens with one attached hydrogen (secondary N) is 3. The number of benzene rings is 1. The molecular weight excluding hydrogens is 375 g/mol. The van der Waals surface area contributed by atoms with Crippen LogP contribution in [-0.4, -0.2) is 32.4 Å². The van der Waals surface area contributed by atoms with Gasteiger partial charge in [0.05, 0.1) is 36.0 Å². The number of amides is 1. The molecule has 0 aliphatic carbocycles. The molecular formula is C20H19FN6O2. The monoisotopic (exact) mass is 394 g/mol. The molecule has 29 heavy (non-hydrogen) atoms. The first kappa shape index (κ1) is 18.8. The Morgan fingerprint density at radius 3 is 2.90 bits per heavy atom. The van der Waals surface area contributed by atoms with E-state index >= 15 is 0 Å².